The first-order chi connectivity index (χ1) is 17.6. The van der Waals surface area contributed by atoms with Crippen LogP contribution in [0.15, 0.2) is 78.3 Å². The zero-order chi connectivity index (χ0) is 26.3. The van der Waals surface area contributed by atoms with Gasteiger partial charge in [0, 0.05) is 22.7 Å². The molecule has 0 spiro atoms. The molecule has 5 rings (SSSR count). The Balaban J connectivity index is 1.53. The number of aromatic nitrogens is 1. The van der Waals surface area contributed by atoms with Gasteiger partial charge in [0.05, 0.1) is 33.8 Å². The van der Waals surface area contributed by atoms with Gasteiger partial charge >= 0.3 is 12.1 Å². The van der Waals surface area contributed by atoms with Gasteiger partial charge in [0.15, 0.2) is 5.13 Å². The van der Waals surface area contributed by atoms with Gasteiger partial charge in [-0.05, 0) is 37.3 Å². The molecular weight excluding hydrogens is 503 g/mol. The molecule has 1 aromatic heterocycles. The van der Waals surface area contributed by atoms with Crippen LogP contribution in [0.3, 0.4) is 0 Å². The SMILES string of the molecule is Cc1ccc(-c2csc(N/C=C3\C(=O)N(c4cccc(C(=O)O)c4)c4cc(C(F)(F)F)ccc43)n2)cc1. The van der Waals surface area contributed by atoms with Crippen molar-refractivity contribution in [2.24, 2.45) is 0 Å². The molecule has 186 valence electrons. The third-order valence-corrected chi connectivity index (χ3v) is 6.61. The molecule has 0 fully saturated rings. The number of benzene rings is 3. The molecule has 10 heteroatoms. The average molecular weight is 522 g/mol. The summed E-state index contributed by atoms with van der Waals surface area (Å²) < 4.78 is 40.4. The van der Waals surface area contributed by atoms with E-state index < -0.39 is 23.6 Å². The lowest BCUT2D eigenvalue weighted by Gasteiger charge is -2.19. The van der Waals surface area contributed by atoms with Crippen molar-refractivity contribution in [2.75, 3.05) is 10.2 Å². The highest BCUT2D eigenvalue weighted by Gasteiger charge is 2.38. The van der Waals surface area contributed by atoms with E-state index in [1.165, 1.54) is 47.9 Å². The van der Waals surface area contributed by atoms with E-state index in [9.17, 15) is 27.9 Å². The number of aryl methyl sites for hydroxylation is 1. The number of nitrogens with one attached hydrogen (secondary N) is 1. The summed E-state index contributed by atoms with van der Waals surface area (Å²) >= 11 is 1.32. The van der Waals surface area contributed by atoms with Crippen LogP contribution in [0.25, 0.3) is 16.8 Å². The highest BCUT2D eigenvalue weighted by atomic mass is 32.1. The molecular formula is C27H18F3N3O3S. The van der Waals surface area contributed by atoms with Gasteiger partial charge in [-0.2, -0.15) is 13.2 Å². The minimum atomic E-state index is -4.62. The fourth-order valence-corrected chi connectivity index (χ4v) is 4.66. The van der Waals surface area contributed by atoms with Crippen LogP contribution in [0, 0.1) is 6.92 Å². The van der Waals surface area contributed by atoms with Gasteiger partial charge in [0.2, 0.25) is 0 Å². The van der Waals surface area contributed by atoms with E-state index in [4.69, 9.17) is 0 Å². The van der Waals surface area contributed by atoms with Crippen molar-refractivity contribution in [2.45, 2.75) is 13.1 Å². The van der Waals surface area contributed by atoms with Crippen LogP contribution in [0.4, 0.5) is 29.7 Å². The van der Waals surface area contributed by atoms with Crippen LogP contribution >= 0.6 is 11.3 Å². The number of halogens is 3. The van der Waals surface area contributed by atoms with Gasteiger partial charge in [-0.15, -0.1) is 11.3 Å². The zero-order valence-corrected chi connectivity index (χ0v) is 20.0. The van der Waals surface area contributed by atoms with E-state index in [0.717, 1.165) is 33.9 Å². The molecule has 0 saturated carbocycles. The predicted molar refractivity (Wildman–Crippen MR) is 136 cm³/mol. The number of carbonyl (C=O) groups is 2. The first-order valence-corrected chi connectivity index (χ1v) is 11.9. The second kappa shape index (κ2) is 9.21. The summed E-state index contributed by atoms with van der Waals surface area (Å²) in [5.74, 6) is -1.82. The number of carbonyl (C=O) groups excluding carboxylic acids is 1. The number of carboxylic acid groups (broad SMARTS) is 1. The number of aromatic carboxylic acids is 1. The summed E-state index contributed by atoms with van der Waals surface area (Å²) in [4.78, 5) is 30.5. The number of rotatable bonds is 5. The fourth-order valence-electron chi connectivity index (χ4n) is 3.97. The Morgan fingerprint density at radius 3 is 2.54 bits per heavy atom. The van der Waals surface area contributed by atoms with Crippen molar-refractivity contribution in [1.82, 2.24) is 4.98 Å². The molecule has 0 bridgehead atoms. The lowest BCUT2D eigenvalue weighted by atomic mass is 10.1. The Morgan fingerprint density at radius 1 is 1.08 bits per heavy atom. The Kier molecular flexibility index (Phi) is 6.04. The van der Waals surface area contributed by atoms with E-state index >= 15 is 0 Å². The third-order valence-electron chi connectivity index (χ3n) is 5.83. The van der Waals surface area contributed by atoms with Crippen molar-refractivity contribution >= 4 is 45.3 Å². The van der Waals surface area contributed by atoms with E-state index in [-0.39, 0.29) is 28.1 Å². The Morgan fingerprint density at radius 2 is 1.84 bits per heavy atom. The monoisotopic (exact) mass is 521 g/mol. The summed E-state index contributed by atoms with van der Waals surface area (Å²) in [5.41, 5.74) is 2.32. The maximum atomic E-state index is 13.5. The van der Waals surface area contributed by atoms with Crippen molar-refractivity contribution < 1.29 is 27.9 Å². The number of hydrogen-bond donors (Lipinski definition) is 2. The first kappa shape index (κ1) is 24.3. The van der Waals surface area contributed by atoms with Crippen molar-refractivity contribution in [3.8, 4) is 11.3 Å². The fraction of sp³-hybridized carbons (Fsp3) is 0.0741. The van der Waals surface area contributed by atoms with Crippen molar-refractivity contribution in [3.63, 3.8) is 0 Å². The number of hydrogen-bond acceptors (Lipinski definition) is 5. The molecule has 37 heavy (non-hydrogen) atoms. The lowest BCUT2D eigenvalue weighted by Crippen LogP contribution is -2.21. The van der Waals surface area contributed by atoms with E-state index in [0.29, 0.717) is 5.13 Å². The number of alkyl halides is 3. The maximum absolute atomic E-state index is 13.5. The van der Waals surface area contributed by atoms with Gasteiger partial charge in [0.25, 0.3) is 5.91 Å². The normalized spacial score (nSPS) is 14.2. The van der Waals surface area contributed by atoms with E-state index in [2.05, 4.69) is 10.3 Å². The maximum Gasteiger partial charge on any atom is 0.416 e. The van der Waals surface area contributed by atoms with Crippen LogP contribution in [0.1, 0.15) is 27.0 Å². The average Bonchev–Trinajstić information content (AvgIpc) is 3.44. The summed E-state index contributed by atoms with van der Waals surface area (Å²) in [6, 6.07) is 16.4. The highest BCUT2D eigenvalue weighted by molar-refractivity contribution is 7.14. The minimum absolute atomic E-state index is 0.00916. The summed E-state index contributed by atoms with van der Waals surface area (Å²) in [6.45, 7) is 1.99. The molecule has 0 radical (unpaired) electrons. The number of nitrogens with zero attached hydrogens (tertiary/aromatic N) is 2. The Labute approximate surface area is 213 Å². The number of amides is 1. The van der Waals surface area contributed by atoms with Crippen molar-refractivity contribution in [1.29, 1.82) is 0 Å². The Hall–Kier alpha value is -4.44. The molecule has 1 aliphatic heterocycles. The van der Waals surface area contributed by atoms with Crippen molar-refractivity contribution in [3.05, 3.63) is 101 Å². The van der Waals surface area contributed by atoms with Crippen LogP contribution in [0.5, 0.6) is 0 Å². The largest absolute Gasteiger partial charge is 0.478 e. The number of carboxylic acids is 1. The van der Waals surface area contributed by atoms with Gasteiger partial charge < -0.3 is 10.4 Å². The number of thiazole rings is 1. The molecule has 0 aliphatic carbocycles. The molecule has 6 nitrogen and oxygen atoms in total. The topological polar surface area (TPSA) is 82.5 Å². The zero-order valence-electron chi connectivity index (χ0n) is 19.2. The molecule has 1 aliphatic rings. The van der Waals surface area contributed by atoms with Gasteiger partial charge in [-0.25, -0.2) is 9.78 Å². The van der Waals surface area contributed by atoms with Gasteiger partial charge in [-0.3, -0.25) is 9.69 Å². The second-order valence-corrected chi connectivity index (χ2v) is 9.19. The molecule has 0 atom stereocenters. The quantitative estimate of drug-likeness (QED) is 0.277. The predicted octanol–water partition coefficient (Wildman–Crippen LogP) is 6.97. The molecule has 0 saturated heterocycles. The standard InChI is InChI=1S/C27H18F3N3O3S/c1-15-5-7-16(8-6-15)22-14-37-26(32-22)31-13-21-20-10-9-18(27(28,29)30)12-23(20)33(24(21)34)19-4-2-3-17(11-19)25(35)36/h2-14H,1H3,(H,31,32)(H,35,36)/b21-13-. The molecule has 1 amide bonds. The molecule has 2 heterocycles. The highest BCUT2D eigenvalue weighted by Crippen LogP contribution is 2.44. The van der Waals surface area contributed by atoms with Gasteiger partial charge in [-0.1, -0.05) is 42.0 Å². The summed E-state index contributed by atoms with van der Waals surface area (Å²) in [6.07, 6.45) is -3.21. The second-order valence-electron chi connectivity index (χ2n) is 8.33. The van der Waals surface area contributed by atoms with E-state index in [1.807, 2.05) is 36.6 Å². The number of fused-ring (bicyclic) bond motifs is 1. The molecule has 0 unspecified atom stereocenters. The minimum Gasteiger partial charge on any atom is -0.478 e. The molecule has 4 aromatic rings. The molecule has 3 aromatic carbocycles. The van der Waals surface area contributed by atoms with Gasteiger partial charge in [0.1, 0.15) is 0 Å². The lowest BCUT2D eigenvalue weighted by molar-refractivity contribution is -0.137. The summed E-state index contributed by atoms with van der Waals surface area (Å²) in [7, 11) is 0. The van der Waals surface area contributed by atoms with Crippen LogP contribution < -0.4 is 10.2 Å². The number of anilines is 3. The van der Waals surface area contributed by atoms with Crippen LogP contribution in [-0.4, -0.2) is 22.0 Å². The Bertz CT molecular complexity index is 1560. The summed E-state index contributed by atoms with van der Waals surface area (Å²) in [5, 5.41) is 14.7. The third kappa shape index (κ3) is 4.70. The van der Waals surface area contributed by atoms with Crippen LogP contribution in [-0.2, 0) is 11.0 Å². The van der Waals surface area contributed by atoms with E-state index in [1.54, 1.807) is 0 Å². The van der Waals surface area contributed by atoms with Crippen LogP contribution in [0.2, 0.25) is 0 Å². The first-order valence-electron chi connectivity index (χ1n) is 11.0. The smallest absolute Gasteiger partial charge is 0.416 e. The molecule has 2 N–H and O–H groups in total.